The first-order chi connectivity index (χ1) is 10.8. The third-order valence-corrected chi connectivity index (χ3v) is 2.75. The summed E-state index contributed by atoms with van der Waals surface area (Å²) in [6.07, 6.45) is -6.08. The van der Waals surface area contributed by atoms with Gasteiger partial charge in [-0.1, -0.05) is 13.3 Å². The number of halogens is 7. The molecule has 0 heterocycles. The van der Waals surface area contributed by atoms with Crippen LogP contribution >= 0.6 is 0 Å². The van der Waals surface area contributed by atoms with Gasteiger partial charge < -0.3 is 9.47 Å². The molecule has 0 aromatic rings. The van der Waals surface area contributed by atoms with E-state index in [-0.39, 0.29) is 19.4 Å². The minimum Gasteiger partial charge on any atom is -0.466 e. The monoisotopic (exact) mass is 370 g/mol. The molecule has 0 aliphatic carbocycles. The molecular weight excluding hydrogens is 353 g/mol. The van der Waals surface area contributed by atoms with Crippen molar-refractivity contribution in [2.75, 3.05) is 13.2 Å². The lowest BCUT2D eigenvalue weighted by Gasteiger charge is -2.27. The molecule has 0 aromatic heterocycles. The number of ether oxygens (including phenoxy) is 2. The van der Waals surface area contributed by atoms with E-state index in [4.69, 9.17) is 4.74 Å². The van der Waals surface area contributed by atoms with Crippen LogP contribution in [0.25, 0.3) is 0 Å². The highest BCUT2D eigenvalue weighted by Gasteiger charge is 2.73. The number of hydrogen-bond acceptors (Lipinski definition) is 4. The second-order valence-corrected chi connectivity index (χ2v) is 4.86. The summed E-state index contributed by atoms with van der Waals surface area (Å²) in [6, 6.07) is 0. The van der Waals surface area contributed by atoms with E-state index in [2.05, 4.69) is 4.74 Å². The number of carbonyl (C=O) groups excluding carboxylic acids is 2. The van der Waals surface area contributed by atoms with Crippen molar-refractivity contribution in [1.29, 1.82) is 0 Å². The van der Waals surface area contributed by atoms with Crippen LogP contribution in [0.1, 0.15) is 39.0 Å². The van der Waals surface area contributed by atoms with E-state index in [0.717, 1.165) is 6.42 Å². The van der Waals surface area contributed by atoms with Gasteiger partial charge in [-0.25, -0.2) is 0 Å². The summed E-state index contributed by atoms with van der Waals surface area (Å²) in [5.41, 5.74) is 0. The second-order valence-electron chi connectivity index (χ2n) is 4.86. The fourth-order valence-corrected chi connectivity index (χ4v) is 1.32. The maximum absolute atomic E-state index is 12.9. The lowest BCUT2D eigenvalue weighted by Crippen LogP contribution is -2.54. The molecule has 0 aliphatic rings. The summed E-state index contributed by atoms with van der Waals surface area (Å²) >= 11 is 0. The van der Waals surface area contributed by atoms with E-state index in [1.165, 1.54) is 0 Å². The van der Waals surface area contributed by atoms with Crippen LogP contribution in [-0.4, -0.2) is 43.2 Å². The van der Waals surface area contributed by atoms with Crippen molar-refractivity contribution in [3.05, 3.63) is 0 Å². The van der Waals surface area contributed by atoms with Gasteiger partial charge >= 0.3 is 30.0 Å². The van der Waals surface area contributed by atoms with Gasteiger partial charge in [-0.3, -0.25) is 9.59 Å². The van der Waals surface area contributed by atoms with Gasteiger partial charge in [0.05, 0.1) is 6.61 Å². The topological polar surface area (TPSA) is 52.6 Å². The number of carbonyl (C=O) groups is 2. The highest BCUT2D eigenvalue weighted by atomic mass is 19.4. The molecule has 0 aromatic carbocycles. The molecule has 0 saturated carbocycles. The van der Waals surface area contributed by atoms with Gasteiger partial charge in [0.2, 0.25) is 0 Å². The van der Waals surface area contributed by atoms with Crippen molar-refractivity contribution < 1.29 is 49.8 Å². The second kappa shape index (κ2) is 9.07. The van der Waals surface area contributed by atoms with E-state index < -0.39 is 43.0 Å². The van der Waals surface area contributed by atoms with Crippen LogP contribution in [-0.2, 0) is 19.1 Å². The van der Waals surface area contributed by atoms with Crippen LogP contribution in [0.2, 0.25) is 0 Å². The molecule has 0 aliphatic heterocycles. The van der Waals surface area contributed by atoms with Crippen molar-refractivity contribution in [2.24, 2.45) is 0 Å². The number of alkyl halides is 7. The minimum absolute atomic E-state index is 0.176. The Hall–Kier alpha value is -1.55. The fourth-order valence-electron chi connectivity index (χ4n) is 1.32. The van der Waals surface area contributed by atoms with Crippen molar-refractivity contribution in [3.63, 3.8) is 0 Å². The van der Waals surface area contributed by atoms with Crippen LogP contribution in [0.15, 0.2) is 0 Å². The average molecular weight is 370 g/mol. The van der Waals surface area contributed by atoms with E-state index in [1.807, 2.05) is 6.92 Å². The van der Waals surface area contributed by atoms with Gasteiger partial charge in [-0.15, -0.1) is 0 Å². The smallest absolute Gasteiger partial charge is 0.460 e. The maximum Gasteiger partial charge on any atom is 0.460 e. The lowest BCUT2D eigenvalue weighted by atomic mass is 10.2. The summed E-state index contributed by atoms with van der Waals surface area (Å²) in [4.78, 5) is 22.2. The van der Waals surface area contributed by atoms with Crippen molar-refractivity contribution >= 4 is 11.9 Å². The summed E-state index contributed by atoms with van der Waals surface area (Å²) in [5, 5.41) is 0. The third kappa shape index (κ3) is 6.91. The molecule has 0 fully saturated rings. The Morgan fingerprint density at radius 2 is 1.33 bits per heavy atom. The average Bonchev–Trinajstić information content (AvgIpc) is 2.44. The summed E-state index contributed by atoms with van der Waals surface area (Å²) < 4.78 is 94.8. The standard InChI is InChI=1S/C13H17F7O4/c1-2-3-7-23-9(21)5-4-6-10(22)24-8-11(14,15)12(16,17)13(18,19)20/h2-8H2,1H3. The highest BCUT2D eigenvalue weighted by molar-refractivity contribution is 5.72. The van der Waals surface area contributed by atoms with E-state index >= 15 is 0 Å². The van der Waals surface area contributed by atoms with Crippen LogP contribution in [0.5, 0.6) is 0 Å². The molecule has 24 heavy (non-hydrogen) atoms. The SMILES string of the molecule is CCCCOC(=O)CCCC(=O)OCC(F)(F)C(F)(F)C(F)(F)F. The zero-order valence-corrected chi connectivity index (χ0v) is 12.7. The summed E-state index contributed by atoms with van der Waals surface area (Å²) in [6.45, 7) is -0.375. The Labute approximate surface area is 133 Å². The van der Waals surface area contributed by atoms with Crippen molar-refractivity contribution in [2.45, 2.75) is 57.0 Å². The van der Waals surface area contributed by atoms with Gasteiger partial charge in [0.25, 0.3) is 0 Å². The number of esters is 2. The van der Waals surface area contributed by atoms with Crippen LogP contribution < -0.4 is 0 Å². The molecule has 0 spiro atoms. The summed E-state index contributed by atoms with van der Waals surface area (Å²) in [5.74, 6) is -14.0. The zero-order valence-electron chi connectivity index (χ0n) is 12.7. The first-order valence-electron chi connectivity index (χ1n) is 6.98. The maximum atomic E-state index is 12.9. The Bertz CT molecular complexity index is 421. The van der Waals surface area contributed by atoms with E-state index in [1.54, 1.807) is 0 Å². The fraction of sp³-hybridized carbons (Fsp3) is 0.846. The van der Waals surface area contributed by atoms with Gasteiger partial charge in [-0.2, -0.15) is 30.7 Å². The van der Waals surface area contributed by atoms with Crippen molar-refractivity contribution in [1.82, 2.24) is 0 Å². The predicted molar refractivity (Wildman–Crippen MR) is 66.6 cm³/mol. The Kier molecular flexibility index (Phi) is 8.48. The third-order valence-electron chi connectivity index (χ3n) is 2.75. The number of unbranched alkanes of at least 4 members (excludes halogenated alkanes) is 1. The molecule has 0 atom stereocenters. The molecule has 4 nitrogen and oxygen atoms in total. The minimum atomic E-state index is -6.48. The Balaban J connectivity index is 4.20. The van der Waals surface area contributed by atoms with E-state index in [9.17, 15) is 40.3 Å². The van der Waals surface area contributed by atoms with Crippen LogP contribution in [0.4, 0.5) is 30.7 Å². The molecule has 142 valence electrons. The van der Waals surface area contributed by atoms with Gasteiger partial charge in [-0.05, 0) is 12.8 Å². The molecular formula is C13H17F7O4. The Morgan fingerprint density at radius 1 is 0.833 bits per heavy atom. The van der Waals surface area contributed by atoms with Gasteiger partial charge in [0.1, 0.15) is 0 Å². The Morgan fingerprint density at radius 3 is 1.79 bits per heavy atom. The zero-order chi connectivity index (χ0) is 19.0. The molecule has 0 bridgehead atoms. The molecule has 0 saturated heterocycles. The predicted octanol–water partition coefficient (Wildman–Crippen LogP) is 3.88. The molecule has 11 heteroatoms. The molecule has 0 amide bonds. The molecule has 0 N–H and O–H groups in total. The van der Waals surface area contributed by atoms with Crippen LogP contribution in [0, 0.1) is 0 Å². The molecule has 0 radical (unpaired) electrons. The molecule has 0 unspecified atom stereocenters. The lowest BCUT2D eigenvalue weighted by molar-refractivity contribution is -0.359. The molecule has 0 rings (SSSR count). The first kappa shape index (κ1) is 22.4. The quantitative estimate of drug-likeness (QED) is 0.333. The van der Waals surface area contributed by atoms with Crippen LogP contribution in [0.3, 0.4) is 0 Å². The highest BCUT2D eigenvalue weighted by Crippen LogP contribution is 2.46. The van der Waals surface area contributed by atoms with Crippen molar-refractivity contribution in [3.8, 4) is 0 Å². The van der Waals surface area contributed by atoms with E-state index in [0.29, 0.717) is 6.42 Å². The number of hydrogen-bond donors (Lipinski definition) is 0. The largest absolute Gasteiger partial charge is 0.466 e. The first-order valence-corrected chi connectivity index (χ1v) is 6.98. The normalized spacial score (nSPS) is 12.8. The van der Waals surface area contributed by atoms with Gasteiger partial charge in [0, 0.05) is 12.8 Å². The van der Waals surface area contributed by atoms with Gasteiger partial charge in [0.15, 0.2) is 6.61 Å². The summed E-state index contributed by atoms with van der Waals surface area (Å²) in [7, 11) is 0. The number of rotatable bonds is 10.